The average molecular weight is 294 g/mol. The molecule has 1 saturated heterocycles. The Morgan fingerprint density at radius 1 is 1.33 bits per heavy atom. The Hall–Kier alpha value is -1.79. The number of halogens is 2. The number of aliphatic hydroxyl groups is 1. The van der Waals surface area contributed by atoms with Gasteiger partial charge in [0.1, 0.15) is 0 Å². The molecule has 0 amide bonds. The number of nitrogens with zero attached hydrogens (tertiary/aromatic N) is 2. The number of β-amino-alcohol motifs (C(OH)–C–C–N with tert-alkyl or cyclic N) is 1. The van der Waals surface area contributed by atoms with Gasteiger partial charge >= 0.3 is 0 Å². The van der Waals surface area contributed by atoms with Gasteiger partial charge in [0.25, 0.3) is 0 Å². The third-order valence-corrected chi connectivity index (χ3v) is 3.75. The summed E-state index contributed by atoms with van der Waals surface area (Å²) in [6.07, 6.45) is -0.00908. The summed E-state index contributed by atoms with van der Waals surface area (Å²) in [5.74, 6) is -1.05. The lowest BCUT2D eigenvalue weighted by atomic mass is 10.0. The van der Waals surface area contributed by atoms with E-state index >= 15 is 0 Å². The largest absolute Gasteiger partial charge is 0.392 e. The van der Waals surface area contributed by atoms with Crippen molar-refractivity contribution in [1.29, 1.82) is 0 Å². The minimum absolute atomic E-state index is 0.166. The van der Waals surface area contributed by atoms with Crippen LogP contribution >= 0.6 is 0 Å². The van der Waals surface area contributed by atoms with Crippen molar-refractivity contribution in [2.75, 3.05) is 6.54 Å². The third-order valence-electron chi connectivity index (χ3n) is 3.75. The Morgan fingerprint density at radius 3 is 2.81 bits per heavy atom. The van der Waals surface area contributed by atoms with E-state index in [2.05, 4.69) is 5.16 Å². The highest BCUT2D eigenvalue weighted by Crippen LogP contribution is 2.34. The quantitative estimate of drug-likeness (QED) is 0.945. The fraction of sp³-hybridized carbons (Fsp3) is 0.400. The summed E-state index contributed by atoms with van der Waals surface area (Å²) in [5, 5.41) is 13.7. The molecular weight excluding hydrogens is 278 g/mol. The van der Waals surface area contributed by atoms with E-state index in [9.17, 15) is 13.9 Å². The monoisotopic (exact) mass is 294 g/mol. The molecule has 0 radical (unpaired) electrons. The van der Waals surface area contributed by atoms with E-state index in [0.29, 0.717) is 30.8 Å². The van der Waals surface area contributed by atoms with Gasteiger partial charge in [0.2, 0.25) is 0 Å². The lowest BCUT2D eigenvalue weighted by Crippen LogP contribution is -2.24. The molecule has 4 nitrogen and oxygen atoms in total. The minimum atomic E-state index is -0.871. The van der Waals surface area contributed by atoms with E-state index in [1.54, 1.807) is 6.07 Å². The van der Waals surface area contributed by atoms with Crippen LogP contribution in [0.4, 0.5) is 8.78 Å². The first-order chi connectivity index (χ1) is 10.0. The number of aromatic nitrogens is 1. The van der Waals surface area contributed by atoms with Crippen molar-refractivity contribution in [3.8, 4) is 0 Å². The zero-order valence-corrected chi connectivity index (χ0v) is 11.6. The summed E-state index contributed by atoms with van der Waals surface area (Å²) in [6.45, 7) is 2.77. The fourth-order valence-corrected chi connectivity index (χ4v) is 2.81. The lowest BCUT2D eigenvalue weighted by molar-refractivity contribution is 0.166. The van der Waals surface area contributed by atoms with Gasteiger partial charge in [-0.25, -0.2) is 8.78 Å². The summed E-state index contributed by atoms with van der Waals surface area (Å²) in [4.78, 5) is 1.98. The fourth-order valence-electron chi connectivity index (χ4n) is 2.81. The van der Waals surface area contributed by atoms with Crippen LogP contribution < -0.4 is 0 Å². The zero-order valence-electron chi connectivity index (χ0n) is 11.6. The molecule has 1 aromatic carbocycles. The second-order valence-electron chi connectivity index (χ2n) is 5.44. The predicted molar refractivity (Wildman–Crippen MR) is 71.4 cm³/mol. The molecule has 2 atom stereocenters. The van der Waals surface area contributed by atoms with E-state index in [1.807, 2.05) is 17.9 Å². The molecule has 1 N–H and O–H groups in total. The van der Waals surface area contributed by atoms with Crippen LogP contribution in [0.5, 0.6) is 0 Å². The molecule has 3 rings (SSSR count). The molecule has 1 aromatic heterocycles. The topological polar surface area (TPSA) is 49.5 Å². The van der Waals surface area contributed by atoms with Crippen LogP contribution in [0.15, 0.2) is 28.8 Å². The maximum Gasteiger partial charge on any atom is 0.159 e. The molecule has 0 aliphatic carbocycles. The molecule has 0 spiro atoms. The van der Waals surface area contributed by atoms with Gasteiger partial charge in [-0.2, -0.15) is 0 Å². The van der Waals surface area contributed by atoms with Gasteiger partial charge in [-0.1, -0.05) is 11.2 Å². The van der Waals surface area contributed by atoms with Gasteiger partial charge in [0, 0.05) is 18.7 Å². The maximum atomic E-state index is 13.4. The summed E-state index contributed by atoms with van der Waals surface area (Å²) in [7, 11) is 0. The first-order valence-electron chi connectivity index (χ1n) is 6.82. The minimum Gasteiger partial charge on any atom is -0.392 e. The van der Waals surface area contributed by atoms with Crippen molar-refractivity contribution in [1.82, 2.24) is 10.1 Å². The Balaban J connectivity index is 1.83. The summed E-state index contributed by atoms with van der Waals surface area (Å²) in [6, 6.07) is 5.52. The first-order valence-corrected chi connectivity index (χ1v) is 6.82. The number of aliphatic hydroxyl groups excluding tert-OH is 1. The van der Waals surface area contributed by atoms with Gasteiger partial charge in [0.15, 0.2) is 17.4 Å². The second kappa shape index (κ2) is 5.54. The Kier molecular flexibility index (Phi) is 3.73. The van der Waals surface area contributed by atoms with E-state index in [0.717, 1.165) is 11.8 Å². The molecule has 21 heavy (non-hydrogen) atoms. The van der Waals surface area contributed by atoms with Crippen LogP contribution in [-0.4, -0.2) is 27.8 Å². The number of hydrogen-bond acceptors (Lipinski definition) is 4. The molecule has 6 heteroatoms. The smallest absolute Gasteiger partial charge is 0.159 e. The lowest BCUT2D eigenvalue weighted by Gasteiger charge is -2.23. The molecule has 2 aromatic rings. The van der Waals surface area contributed by atoms with Crippen LogP contribution in [0, 0.1) is 18.6 Å². The summed E-state index contributed by atoms with van der Waals surface area (Å²) in [5.41, 5.74) is 1.44. The predicted octanol–water partition coefficient (Wildman–Crippen LogP) is 2.57. The highest BCUT2D eigenvalue weighted by molar-refractivity contribution is 5.23. The van der Waals surface area contributed by atoms with Crippen LogP contribution in [0.3, 0.4) is 0 Å². The number of aryl methyl sites for hydroxylation is 1. The van der Waals surface area contributed by atoms with Gasteiger partial charge in [0.05, 0.1) is 18.3 Å². The summed E-state index contributed by atoms with van der Waals surface area (Å²) < 4.78 is 31.6. The first kappa shape index (κ1) is 14.2. The van der Waals surface area contributed by atoms with Gasteiger partial charge in [-0.05, 0) is 31.0 Å². The molecule has 0 saturated carbocycles. The van der Waals surface area contributed by atoms with Crippen molar-refractivity contribution in [3.05, 3.63) is 52.9 Å². The van der Waals surface area contributed by atoms with Crippen molar-refractivity contribution in [2.24, 2.45) is 0 Å². The van der Waals surface area contributed by atoms with E-state index in [1.165, 1.54) is 6.07 Å². The second-order valence-corrected chi connectivity index (χ2v) is 5.44. The van der Waals surface area contributed by atoms with Crippen molar-refractivity contribution in [2.45, 2.75) is 32.0 Å². The number of benzene rings is 1. The number of hydrogen-bond donors (Lipinski definition) is 1. The van der Waals surface area contributed by atoms with Crippen LogP contribution in [0.25, 0.3) is 0 Å². The normalized spacial score (nSPS) is 22.9. The maximum absolute atomic E-state index is 13.4. The number of likely N-dealkylation sites (tertiary alicyclic amines) is 1. The number of rotatable bonds is 3. The van der Waals surface area contributed by atoms with Crippen LogP contribution in [-0.2, 0) is 6.54 Å². The third kappa shape index (κ3) is 2.96. The molecule has 2 heterocycles. The van der Waals surface area contributed by atoms with Gasteiger partial charge < -0.3 is 9.63 Å². The van der Waals surface area contributed by atoms with Gasteiger partial charge in [-0.15, -0.1) is 0 Å². The SMILES string of the molecule is Cc1cc(CN2C[C@H](O)C[C@@H]2c2ccc(F)c(F)c2)on1. The van der Waals surface area contributed by atoms with Crippen molar-refractivity contribution >= 4 is 0 Å². The van der Waals surface area contributed by atoms with E-state index in [-0.39, 0.29) is 6.04 Å². The van der Waals surface area contributed by atoms with Crippen molar-refractivity contribution in [3.63, 3.8) is 0 Å². The highest BCUT2D eigenvalue weighted by Gasteiger charge is 2.33. The standard InChI is InChI=1S/C15H16F2N2O2/c1-9-4-12(21-18-9)8-19-7-11(20)6-15(19)10-2-3-13(16)14(17)5-10/h2-5,11,15,20H,6-8H2,1H3/t11-,15-/m1/s1. The molecule has 1 fully saturated rings. The van der Waals surface area contributed by atoms with E-state index < -0.39 is 17.7 Å². The van der Waals surface area contributed by atoms with E-state index in [4.69, 9.17) is 4.52 Å². The molecule has 1 aliphatic heterocycles. The molecule has 1 aliphatic rings. The Bertz CT molecular complexity index is 644. The highest BCUT2D eigenvalue weighted by atomic mass is 19.2. The van der Waals surface area contributed by atoms with Crippen molar-refractivity contribution < 1.29 is 18.4 Å². The molecular formula is C15H16F2N2O2. The summed E-state index contributed by atoms with van der Waals surface area (Å²) >= 11 is 0. The zero-order chi connectivity index (χ0) is 15.0. The molecule has 112 valence electrons. The van der Waals surface area contributed by atoms with Gasteiger partial charge in [-0.3, -0.25) is 4.90 Å². The average Bonchev–Trinajstić information content (AvgIpc) is 3.00. The van der Waals surface area contributed by atoms with Crippen LogP contribution in [0.2, 0.25) is 0 Å². The Morgan fingerprint density at radius 2 is 2.14 bits per heavy atom. The van der Waals surface area contributed by atoms with Crippen LogP contribution in [0.1, 0.15) is 29.5 Å². The Labute approximate surface area is 121 Å². The molecule has 0 bridgehead atoms. The molecule has 0 unspecified atom stereocenters.